The van der Waals surface area contributed by atoms with E-state index in [0.29, 0.717) is 36.8 Å². The fourth-order valence-corrected chi connectivity index (χ4v) is 4.45. The largest absolute Gasteiger partial charge is 0.403 e. The molecule has 1 aromatic carbocycles. The van der Waals surface area contributed by atoms with Crippen molar-refractivity contribution in [2.45, 2.75) is 24.8 Å². The Morgan fingerprint density at radius 2 is 1.97 bits per heavy atom. The number of nitriles is 1. The molecule has 1 fully saturated rings. The molecular weight excluding hydrogens is 440 g/mol. The number of aromatic nitrogens is 5. The van der Waals surface area contributed by atoms with Crippen molar-refractivity contribution >= 4 is 23.5 Å². The van der Waals surface area contributed by atoms with Gasteiger partial charge in [0.1, 0.15) is 5.54 Å². The minimum absolute atomic E-state index is 0.358. The molecule has 1 saturated heterocycles. The van der Waals surface area contributed by atoms with Crippen molar-refractivity contribution in [1.29, 1.82) is 10.7 Å². The number of benzene rings is 1. The van der Waals surface area contributed by atoms with Gasteiger partial charge in [0.05, 0.1) is 30.1 Å². The quantitative estimate of drug-likeness (QED) is 0.323. The van der Waals surface area contributed by atoms with Crippen molar-refractivity contribution in [3.63, 3.8) is 0 Å². The Balaban J connectivity index is 1.33. The summed E-state index contributed by atoms with van der Waals surface area (Å²) in [5, 5.41) is 29.0. The summed E-state index contributed by atoms with van der Waals surface area (Å²) in [7, 11) is 0. The lowest BCUT2D eigenvalue weighted by Crippen LogP contribution is -2.63. The van der Waals surface area contributed by atoms with Gasteiger partial charge in [-0.25, -0.2) is 4.52 Å². The Morgan fingerprint density at radius 1 is 1.17 bits per heavy atom. The first-order chi connectivity index (χ1) is 17.1. The Morgan fingerprint density at radius 3 is 2.71 bits per heavy atom. The summed E-state index contributed by atoms with van der Waals surface area (Å²) < 4.78 is 3.65. The van der Waals surface area contributed by atoms with Gasteiger partial charge in [-0.1, -0.05) is 30.3 Å². The molecule has 10 heteroatoms. The van der Waals surface area contributed by atoms with Gasteiger partial charge in [-0.2, -0.15) is 15.3 Å². The molecule has 0 saturated carbocycles. The highest BCUT2D eigenvalue weighted by molar-refractivity contribution is 5.80. The lowest BCUT2D eigenvalue weighted by atomic mass is 9.86. The van der Waals surface area contributed by atoms with E-state index in [1.165, 1.54) is 11.8 Å². The number of nitrogens with one attached hydrogen (secondary N) is 2. The van der Waals surface area contributed by atoms with Crippen molar-refractivity contribution in [1.82, 2.24) is 24.4 Å². The van der Waals surface area contributed by atoms with Crippen LogP contribution < -0.4 is 16.0 Å². The predicted octanol–water partition coefficient (Wildman–Crippen LogP) is 2.70. The highest BCUT2D eigenvalue weighted by Crippen LogP contribution is 2.37. The summed E-state index contributed by atoms with van der Waals surface area (Å²) in [6, 6.07) is 16.7. The lowest BCUT2D eigenvalue weighted by molar-refractivity contribution is 0.198. The first-order valence-electron chi connectivity index (χ1n) is 11.4. The Labute approximate surface area is 202 Å². The monoisotopic (exact) mass is 466 g/mol. The molecule has 0 bridgehead atoms. The normalized spacial score (nSPS) is 14.9. The zero-order chi connectivity index (χ0) is 24.3. The molecule has 4 aromatic rings. The van der Waals surface area contributed by atoms with Gasteiger partial charge in [0.2, 0.25) is 5.95 Å². The van der Waals surface area contributed by atoms with Crippen LogP contribution in [-0.2, 0) is 18.4 Å². The summed E-state index contributed by atoms with van der Waals surface area (Å²) in [5.41, 5.74) is 9.60. The van der Waals surface area contributed by atoms with Crippen LogP contribution in [0.5, 0.6) is 0 Å². The fourth-order valence-electron chi connectivity index (χ4n) is 4.45. The smallest absolute Gasteiger partial charge is 0.247 e. The van der Waals surface area contributed by atoms with Crippen LogP contribution in [-0.4, -0.2) is 43.7 Å². The predicted molar refractivity (Wildman–Crippen MR) is 134 cm³/mol. The van der Waals surface area contributed by atoms with Crippen LogP contribution in [0.25, 0.3) is 5.65 Å². The summed E-state index contributed by atoms with van der Waals surface area (Å²) in [6.07, 6.45) is 10.4. The molecule has 3 aromatic heterocycles. The van der Waals surface area contributed by atoms with E-state index in [0.717, 1.165) is 30.3 Å². The van der Waals surface area contributed by atoms with Crippen LogP contribution in [0.1, 0.15) is 17.5 Å². The molecule has 4 heterocycles. The Bertz CT molecular complexity index is 1400. The molecule has 35 heavy (non-hydrogen) atoms. The Kier molecular flexibility index (Phi) is 5.89. The number of hydrogen-bond acceptors (Lipinski definition) is 8. The summed E-state index contributed by atoms with van der Waals surface area (Å²) in [5.74, 6) is 0.358. The van der Waals surface area contributed by atoms with E-state index in [1.54, 1.807) is 4.52 Å². The number of allylic oxidation sites excluding steroid dienone is 1. The fraction of sp³-hybridized carbons (Fsp3) is 0.240. The molecule has 5 rings (SSSR count). The van der Waals surface area contributed by atoms with Gasteiger partial charge in [-0.05, 0) is 36.1 Å². The van der Waals surface area contributed by atoms with Gasteiger partial charge in [-0.15, -0.1) is 5.10 Å². The van der Waals surface area contributed by atoms with Gasteiger partial charge in [0.25, 0.3) is 0 Å². The standard InChI is InChI=1S/C25H26N10/c26-11-10-25(35-16-20(15-29-35)9-8-19-5-2-1-3-6-19)17-33(18-25)22-7-4-12-34-23(22)31-24(32-34)30-21(13-27)14-28/h1-7,12-16,27H,8-10,17-18,28H2,(H,30,32)/b21-14+,27-13?. The second-order valence-corrected chi connectivity index (χ2v) is 8.68. The van der Waals surface area contributed by atoms with Crippen molar-refractivity contribution < 1.29 is 0 Å². The number of nitrogens with two attached hydrogens (primary N) is 1. The molecule has 176 valence electrons. The molecule has 0 atom stereocenters. The van der Waals surface area contributed by atoms with Crippen molar-refractivity contribution in [2.24, 2.45) is 5.73 Å². The number of nitrogens with zero attached hydrogens (tertiary/aromatic N) is 7. The third-order valence-corrected chi connectivity index (χ3v) is 6.32. The van der Waals surface area contributed by atoms with Crippen LogP contribution in [0.3, 0.4) is 0 Å². The Hall–Kier alpha value is -4.65. The van der Waals surface area contributed by atoms with Crippen LogP contribution >= 0.6 is 0 Å². The molecule has 0 aliphatic carbocycles. The first-order valence-corrected chi connectivity index (χ1v) is 11.4. The number of fused-ring (bicyclic) bond motifs is 1. The van der Waals surface area contributed by atoms with E-state index < -0.39 is 0 Å². The number of aryl methyl sites for hydroxylation is 2. The molecule has 0 unspecified atom stereocenters. The van der Waals surface area contributed by atoms with Gasteiger partial charge < -0.3 is 21.4 Å². The third-order valence-electron chi connectivity index (χ3n) is 6.32. The maximum Gasteiger partial charge on any atom is 0.247 e. The second-order valence-electron chi connectivity index (χ2n) is 8.68. The van der Waals surface area contributed by atoms with E-state index in [-0.39, 0.29) is 5.54 Å². The number of rotatable bonds is 9. The summed E-state index contributed by atoms with van der Waals surface area (Å²) >= 11 is 0. The molecule has 1 aliphatic rings. The molecule has 4 N–H and O–H groups in total. The third kappa shape index (κ3) is 4.31. The number of hydrogen-bond donors (Lipinski definition) is 3. The van der Waals surface area contributed by atoms with E-state index >= 15 is 0 Å². The maximum absolute atomic E-state index is 9.57. The van der Waals surface area contributed by atoms with Gasteiger partial charge >= 0.3 is 0 Å². The van der Waals surface area contributed by atoms with Crippen LogP contribution in [0, 0.1) is 16.7 Å². The van der Waals surface area contributed by atoms with E-state index in [2.05, 4.69) is 61.9 Å². The lowest BCUT2D eigenvalue weighted by Gasteiger charge is -2.50. The maximum atomic E-state index is 9.57. The zero-order valence-corrected chi connectivity index (χ0v) is 19.2. The van der Waals surface area contributed by atoms with Crippen LogP contribution in [0.15, 0.2) is 73.0 Å². The highest BCUT2D eigenvalue weighted by Gasteiger charge is 2.46. The van der Waals surface area contributed by atoms with Crippen molar-refractivity contribution in [2.75, 3.05) is 23.3 Å². The molecule has 1 aliphatic heterocycles. The van der Waals surface area contributed by atoms with Crippen molar-refractivity contribution in [3.8, 4) is 6.07 Å². The van der Waals surface area contributed by atoms with Crippen LogP contribution in [0.2, 0.25) is 0 Å². The average molecular weight is 467 g/mol. The average Bonchev–Trinajstić information content (AvgIpc) is 3.51. The topological polar surface area (TPSA) is 137 Å². The summed E-state index contributed by atoms with van der Waals surface area (Å²) in [6.45, 7) is 1.29. The number of pyridine rings is 1. The van der Waals surface area contributed by atoms with Gasteiger partial charge in [0.15, 0.2) is 5.65 Å². The number of anilines is 2. The van der Waals surface area contributed by atoms with E-state index in [1.807, 2.05) is 35.3 Å². The minimum atomic E-state index is -0.386. The van der Waals surface area contributed by atoms with Crippen molar-refractivity contribution in [3.05, 3.63) is 84.1 Å². The zero-order valence-electron chi connectivity index (χ0n) is 19.2. The molecule has 0 radical (unpaired) electrons. The molecular formula is C25H26N10. The molecule has 10 nitrogen and oxygen atoms in total. The first kappa shape index (κ1) is 22.2. The van der Waals surface area contributed by atoms with Gasteiger partial charge in [-0.3, -0.25) is 4.68 Å². The van der Waals surface area contributed by atoms with E-state index in [4.69, 9.17) is 11.1 Å². The molecule has 0 amide bonds. The van der Waals surface area contributed by atoms with E-state index in [9.17, 15) is 5.26 Å². The minimum Gasteiger partial charge on any atom is -0.403 e. The van der Waals surface area contributed by atoms with Gasteiger partial charge in [0, 0.05) is 37.9 Å². The SMILES string of the molecule is N#CCC1(n2cc(CCc3ccccc3)cn2)CN(c2cccn3nc(N/C(C=N)=C/N)nc23)C1. The van der Waals surface area contributed by atoms with Crippen LogP contribution in [0.4, 0.5) is 11.6 Å². The highest BCUT2D eigenvalue weighted by atomic mass is 15.4. The summed E-state index contributed by atoms with van der Waals surface area (Å²) in [4.78, 5) is 6.77. The molecule has 0 spiro atoms. The second kappa shape index (κ2) is 9.30.